The number of halogens is 1. The predicted octanol–water partition coefficient (Wildman–Crippen LogP) is 3.86. The van der Waals surface area contributed by atoms with E-state index in [2.05, 4.69) is 10.2 Å². The lowest BCUT2D eigenvalue weighted by Crippen LogP contribution is -2.06. The van der Waals surface area contributed by atoms with Gasteiger partial charge in [-0.1, -0.05) is 11.6 Å². The van der Waals surface area contributed by atoms with E-state index in [4.69, 9.17) is 33.7 Å². The van der Waals surface area contributed by atoms with Gasteiger partial charge in [-0.2, -0.15) is 5.10 Å². The van der Waals surface area contributed by atoms with Crippen molar-refractivity contribution in [2.24, 2.45) is 0 Å². The number of rotatable bonds is 5. The smallest absolute Gasteiger partial charge is 0.335 e. The molecule has 0 fully saturated rings. The molecular formula is C16H12ClN3O3S. The number of aromatic amines is 1. The minimum atomic E-state index is -0.981. The second-order valence-electron chi connectivity index (χ2n) is 4.88. The van der Waals surface area contributed by atoms with E-state index in [1.165, 1.54) is 12.1 Å². The first-order valence-corrected chi connectivity index (χ1v) is 7.71. The summed E-state index contributed by atoms with van der Waals surface area (Å²) in [5, 5.41) is 16.4. The zero-order valence-corrected chi connectivity index (χ0v) is 13.8. The molecule has 8 heteroatoms. The van der Waals surface area contributed by atoms with Gasteiger partial charge in [0, 0.05) is 10.7 Å². The number of aromatic nitrogens is 3. The maximum absolute atomic E-state index is 10.8. The summed E-state index contributed by atoms with van der Waals surface area (Å²) in [5.41, 5.74) is 1.02. The molecule has 0 saturated carbocycles. The molecular weight excluding hydrogens is 350 g/mol. The third kappa shape index (κ3) is 3.47. The van der Waals surface area contributed by atoms with Crippen molar-refractivity contribution in [2.45, 2.75) is 6.61 Å². The van der Waals surface area contributed by atoms with Crippen LogP contribution in [0.3, 0.4) is 0 Å². The Hall–Kier alpha value is -2.64. The first-order valence-electron chi connectivity index (χ1n) is 6.93. The summed E-state index contributed by atoms with van der Waals surface area (Å²) in [6.45, 7) is 0.169. The molecule has 0 unspecified atom stereocenters. The highest BCUT2D eigenvalue weighted by atomic mass is 35.5. The summed E-state index contributed by atoms with van der Waals surface area (Å²) >= 11 is 11.2. The van der Waals surface area contributed by atoms with Gasteiger partial charge in [0.25, 0.3) is 0 Å². The molecule has 3 aromatic rings. The Morgan fingerprint density at radius 2 is 1.88 bits per heavy atom. The van der Waals surface area contributed by atoms with Gasteiger partial charge in [0.15, 0.2) is 10.6 Å². The normalized spacial score (nSPS) is 10.5. The van der Waals surface area contributed by atoms with Crippen LogP contribution in [0.4, 0.5) is 0 Å². The van der Waals surface area contributed by atoms with E-state index in [9.17, 15) is 4.79 Å². The summed E-state index contributed by atoms with van der Waals surface area (Å²) in [6.07, 6.45) is 0. The summed E-state index contributed by atoms with van der Waals surface area (Å²) in [5.74, 6) is 0.145. The van der Waals surface area contributed by atoms with Gasteiger partial charge in [-0.05, 0) is 60.7 Å². The van der Waals surface area contributed by atoms with E-state index in [1.54, 1.807) is 28.8 Å². The van der Waals surface area contributed by atoms with Crippen molar-refractivity contribution in [3.05, 3.63) is 69.7 Å². The van der Waals surface area contributed by atoms with Gasteiger partial charge < -0.3 is 9.84 Å². The number of carboxylic acids is 1. The van der Waals surface area contributed by atoms with Gasteiger partial charge in [0.2, 0.25) is 0 Å². The van der Waals surface area contributed by atoms with Crippen molar-refractivity contribution in [1.29, 1.82) is 0 Å². The third-order valence-corrected chi connectivity index (χ3v) is 3.82. The highest BCUT2D eigenvalue weighted by Gasteiger charge is 2.10. The van der Waals surface area contributed by atoms with Crippen molar-refractivity contribution in [3.63, 3.8) is 0 Å². The molecule has 0 radical (unpaired) electrons. The van der Waals surface area contributed by atoms with Crippen LogP contribution in [0.1, 0.15) is 16.2 Å². The van der Waals surface area contributed by atoms with Crippen LogP contribution in [0.5, 0.6) is 5.75 Å². The first kappa shape index (κ1) is 16.2. The second kappa shape index (κ2) is 6.86. The number of hydrogen-bond donors (Lipinski definition) is 2. The maximum Gasteiger partial charge on any atom is 0.335 e. The number of hydrogen-bond acceptors (Lipinski definition) is 4. The molecule has 1 heterocycles. The molecule has 0 aliphatic rings. The van der Waals surface area contributed by atoms with Gasteiger partial charge in [-0.3, -0.25) is 9.67 Å². The highest BCUT2D eigenvalue weighted by Crippen LogP contribution is 2.18. The number of carboxylic acid groups (broad SMARTS) is 1. The molecule has 0 bridgehead atoms. The van der Waals surface area contributed by atoms with Gasteiger partial charge >= 0.3 is 5.97 Å². The Bertz CT molecular complexity index is 917. The minimum absolute atomic E-state index is 0.169. The number of nitrogens with zero attached hydrogens (tertiary/aromatic N) is 2. The molecule has 1 aromatic heterocycles. The fourth-order valence-electron chi connectivity index (χ4n) is 2.12. The number of carbonyl (C=O) groups is 1. The molecule has 6 nitrogen and oxygen atoms in total. The number of aromatic carboxylic acids is 1. The zero-order chi connectivity index (χ0) is 17.1. The zero-order valence-electron chi connectivity index (χ0n) is 12.3. The molecule has 2 aromatic carbocycles. The standard InChI is InChI=1S/C16H12ClN3O3S/c17-11-3-5-12(6-4-11)20-14(18-19-16(20)24)9-23-13-7-1-10(2-8-13)15(21)22/h1-8H,9H2,(H,19,24)(H,21,22). The topological polar surface area (TPSA) is 80.1 Å². The van der Waals surface area contributed by atoms with Crippen LogP contribution in [0, 0.1) is 4.77 Å². The molecule has 122 valence electrons. The summed E-state index contributed by atoms with van der Waals surface area (Å²) < 4.78 is 7.85. The lowest BCUT2D eigenvalue weighted by atomic mass is 10.2. The molecule has 2 N–H and O–H groups in total. The van der Waals surface area contributed by atoms with Crippen LogP contribution in [0.15, 0.2) is 48.5 Å². The number of nitrogens with one attached hydrogen (secondary N) is 1. The van der Waals surface area contributed by atoms with Crippen LogP contribution in [-0.2, 0) is 6.61 Å². The highest BCUT2D eigenvalue weighted by molar-refractivity contribution is 7.71. The van der Waals surface area contributed by atoms with Crippen molar-refractivity contribution in [1.82, 2.24) is 14.8 Å². The Balaban J connectivity index is 1.80. The van der Waals surface area contributed by atoms with E-state index in [0.29, 0.717) is 21.4 Å². The molecule has 0 aliphatic carbocycles. The van der Waals surface area contributed by atoms with Gasteiger partial charge in [0.1, 0.15) is 12.4 Å². The molecule has 0 spiro atoms. The lowest BCUT2D eigenvalue weighted by Gasteiger charge is -2.09. The van der Waals surface area contributed by atoms with E-state index >= 15 is 0 Å². The van der Waals surface area contributed by atoms with Crippen molar-refractivity contribution in [3.8, 4) is 11.4 Å². The van der Waals surface area contributed by atoms with Crippen molar-refractivity contribution < 1.29 is 14.6 Å². The molecule has 0 saturated heterocycles. The van der Waals surface area contributed by atoms with Gasteiger partial charge in [-0.15, -0.1) is 0 Å². The molecule has 3 rings (SSSR count). The number of benzene rings is 2. The average molecular weight is 362 g/mol. The Labute approximate surface area is 147 Å². The summed E-state index contributed by atoms with van der Waals surface area (Å²) in [6, 6.07) is 13.3. The lowest BCUT2D eigenvalue weighted by molar-refractivity contribution is 0.0697. The Morgan fingerprint density at radius 3 is 2.50 bits per heavy atom. The molecule has 24 heavy (non-hydrogen) atoms. The van der Waals surface area contributed by atoms with Gasteiger partial charge in [0.05, 0.1) is 5.56 Å². The fraction of sp³-hybridized carbons (Fsp3) is 0.0625. The van der Waals surface area contributed by atoms with E-state index in [-0.39, 0.29) is 12.2 Å². The van der Waals surface area contributed by atoms with Crippen LogP contribution < -0.4 is 4.74 Å². The maximum atomic E-state index is 10.8. The van der Waals surface area contributed by atoms with Crippen molar-refractivity contribution in [2.75, 3.05) is 0 Å². The van der Waals surface area contributed by atoms with Gasteiger partial charge in [-0.25, -0.2) is 4.79 Å². The monoisotopic (exact) mass is 361 g/mol. The SMILES string of the molecule is O=C(O)c1ccc(OCc2n[nH]c(=S)n2-c2ccc(Cl)cc2)cc1. The first-order chi connectivity index (χ1) is 11.5. The van der Waals surface area contributed by atoms with Crippen LogP contribution >= 0.6 is 23.8 Å². The fourth-order valence-corrected chi connectivity index (χ4v) is 2.51. The van der Waals surface area contributed by atoms with E-state index in [0.717, 1.165) is 5.69 Å². The molecule has 0 atom stereocenters. The number of ether oxygens (including phenoxy) is 1. The van der Waals surface area contributed by atoms with Crippen LogP contribution in [0.25, 0.3) is 5.69 Å². The average Bonchev–Trinajstić information content (AvgIpc) is 2.95. The minimum Gasteiger partial charge on any atom is -0.486 e. The molecule has 0 aliphatic heterocycles. The largest absolute Gasteiger partial charge is 0.486 e. The summed E-state index contributed by atoms with van der Waals surface area (Å²) in [4.78, 5) is 10.8. The Kier molecular flexibility index (Phi) is 4.64. The predicted molar refractivity (Wildman–Crippen MR) is 91.5 cm³/mol. The molecule has 0 amide bonds. The summed E-state index contributed by atoms with van der Waals surface area (Å²) in [7, 11) is 0. The van der Waals surface area contributed by atoms with E-state index in [1.807, 2.05) is 12.1 Å². The second-order valence-corrected chi connectivity index (χ2v) is 5.70. The third-order valence-electron chi connectivity index (χ3n) is 3.30. The van der Waals surface area contributed by atoms with Crippen LogP contribution in [-0.4, -0.2) is 25.8 Å². The van der Waals surface area contributed by atoms with E-state index < -0.39 is 5.97 Å². The van der Waals surface area contributed by atoms with Crippen molar-refractivity contribution >= 4 is 29.8 Å². The quantitative estimate of drug-likeness (QED) is 0.674. The Morgan fingerprint density at radius 1 is 1.21 bits per heavy atom. The number of H-pyrrole nitrogens is 1. The van der Waals surface area contributed by atoms with Crippen LogP contribution in [0.2, 0.25) is 5.02 Å².